The van der Waals surface area contributed by atoms with E-state index in [2.05, 4.69) is 114 Å². The molecule has 0 saturated heterocycles. The van der Waals surface area contributed by atoms with Gasteiger partial charge in [0.25, 0.3) is 0 Å². The molecule has 0 unspecified atom stereocenters. The number of hydrogen-bond donors (Lipinski definition) is 0. The molecule has 0 atom stereocenters. The van der Waals surface area contributed by atoms with E-state index in [9.17, 15) is 0 Å². The third-order valence-corrected chi connectivity index (χ3v) is 4.90. The van der Waals surface area contributed by atoms with Crippen LogP contribution in [0.2, 0.25) is 0 Å². The monoisotopic (exact) mass is 350 g/mol. The summed E-state index contributed by atoms with van der Waals surface area (Å²) in [4.78, 5) is 0. The number of rotatable bonds is 4. The molecule has 0 spiro atoms. The van der Waals surface area contributed by atoms with Crippen LogP contribution >= 0.6 is 0 Å². The summed E-state index contributed by atoms with van der Waals surface area (Å²) >= 11 is 0. The molecule has 0 aliphatic carbocycles. The molecular weight excluding hydrogens is 323 g/mol. The summed E-state index contributed by atoms with van der Waals surface area (Å²) in [6.45, 7) is 14.9. The van der Waals surface area contributed by atoms with E-state index < -0.39 is 0 Å². The fraction of sp³-hybridized carbons (Fsp3) is 0.192. The Labute approximate surface area is 164 Å². The van der Waals surface area contributed by atoms with Crippen LogP contribution in [0.5, 0.6) is 0 Å². The van der Waals surface area contributed by atoms with Crippen molar-refractivity contribution in [2.24, 2.45) is 0 Å². The van der Waals surface area contributed by atoms with Gasteiger partial charge in [0.1, 0.15) is 0 Å². The molecule has 0 bridgehead atoms. The Kier molecular flexibility index (Phi) is 5.61. The van der Waals surface area contributed by atoms with Gasteiger partial charge in [0.2, 0.25) is 0 Å². The molecule has 3 aromatic rings. The molecule has 1 aromatic heterocycles. The minimum atomic E-state index is 0.0714. The SMILES string of the molecule is C=C/C=C(\C=C/C)c1cc(C(C)(C)C)cc2c(-c3ccbcc3)cccc12. The molecular formula is C26H27B. The Hall–Kier alpha value is -2.67. The Morgan fingerprint density at radius 1 is 1.00 bits per heavy atom. The molecule has 3 rings (SSSR count). The topological polar surface area (TPSA) is 0 Å². The number of fused-ring (bicyclic) bond motifs is 1. The van der Waals surface area contributed by atoms with Gasteiger partial charge in [-0.15, -0.1) is 0 Å². The second kappa shape index (κ2) is 7.92. The molecule has 134 valence electrons. The van der Waals surface area contributed by atoms with E-state index in [1.165, 1.54) is 38.6 Å². The maximum absolute atomic E-state index is 3.91. The second-order valence-electron chi connectivity index (χ2n) is 7.90. The average Bonchev–Trinajstić information content (AvgIpc) is 2.66. The maximum atomic E-state index is 3.91. The quantitative estimate of drug-likeness (QED) is 0.433. The molecule has 0 aliphatic rings. The van der Waals surface area contributed by atoms with Crippen LogP contribution in [0.25, 0.3) is 27.5 Å². The first-order valence-corrected chi connectivity index (χ1v) is 9.54. The van der Waals surface area contributed by atoms with E-state index in [1.807, 2.05) is 6.08 Å². The van der Waals surface area contributed by atoms with Crippen molar-refractivity contribution in [3.8, 4) is 11.1 Å². The molecule has 0 amide bonds. The van der Waals surface area contributed by atoms with E-state index in [0.717, 1.165) is 0 Å². The Bertz CT molecular complexity index is 1020. The van der Waals surface area contributed by atoms with Crippen LogP contribution < -0.4 is 0 Å². The van der Waals surface area contributed by atoms with Crippen molar-refractivity contribution in [2.75, 3.05) is 0 Å². The molecule has 0 radical (unpaired) electrons. The normalized spacial score (nSPS) is 12.5. The molecule has 0 aliphatic heterocycles. The molecule has 0 saturated carbocycles. The summed E-state index contributed by atoms with van der Waals surface area (Å²) < 4.78 is 0. The van der Waals surface area contributed by atoms with Crippen LogP contribution in [0.3, 0.4) is 0 Å². The van der Waals surface area contributed by atoms with Crippen LogP contribution in [0, 0.1) is 0 Å². The summed E-state index contributed by atoms with van der Waals surface area (Å²) in [5.41, 5.74) is 6.39. The number of benzene rings is 2. The first-order chi connectivity index (χ1) is 13.0. The Balaban J connectivity index is 2.42. The van der Waals surface area contributed by atoms with Gasteiger partial charge in [0, 0.05) is 0 Å². The van der Waals surface area contributed by atoms with E-state index in [0.29, 0.717) is 0 Å². The van der Waals surface area contributed by atoms with Crippen molar-refractivity contribution in [1.82, 2.24) is 0 Å². The van der Waals surface area contributed by atoms with Crippen molar-refractivity contribution < 1.29 is 0 Å². The fourth-order valence-corrected chi connectivity index (χ4v) is 3.47. The van der Waals surface area contributed by atoms with E-state index in [1.54, 1.807) is 0 Å². The third kappa shape index (κ3) is 4.03. The third-order valence-electron chi connectivity index (χ3n) is 4.90. The fourth-order valence-electron chi connectivity index (χ4n) is 3.47. The van der Waals surface area contributed by atoms with Crippen LogP contribution in [-0.2, 0) is 5.41 Å². The van der Waals surface area contributed by atoms with E-state index in [-0.39, 0.29) is 5.41 Å². The molecule has 1 heterocycles. The number of hydrogen-bond acceptors (Lipinski definition) is 0. The molecule has 27 heavy (non-hydrogen) atoms. The molecule has 1 heteroatoms. The van der Waals surface area contributed by atoms with Gasteiger partial charge in [-0.1, -0.05) is 0 Å². The molecule has 0 nitrogen and oxygen atoms in total. The summed E-state index contributed by atoms with van der Waals surface area (Å²) in [5, 5.41) is 2.57. The molecule has 2 aromatic carbocycles. The molecule has 0 fully saturated rings. The minimum absolute atomic E-state index is 0.0714. The summed E-state index contributed by atoms with van der Waals surface area (Å²) in [6.07, 6.45) is 8.21. The zero-order chi connectivity index (χ0) is 19.4. The van der Waals surface area contributed by atoms with Crippen LogP contribution in [0.1, 0.15) is 38.8 Å². The van der Waals surface area contributed by atoms with Gasteiger partial charge in [0.05, 0.1) is 0 Å². The predicted molar refractivity (Wildman–Crippen MR) is 122 cm³/mol. The zero-order valence-electron chi connectivity index (χ0n) is 16.8. The van der Waals surface area contributed by atoms with Gasteiger partial charge < -0.3 is 0 Å². The predicted octanol–water partition coefficient (Wildman–Crippen LogP) is 7.29. The van der Waals surface area contributed by atoms with Crippen molar-refractivity contribution in [3.05, 3.63) is 96.4 Å². The van der Waals surface area contributed by atoms with Crippen LogP contribution in [-0.4, -0.2) is 6.91 Å². The Morgan fingerprint density at radius 2 is 1.74 bits per heavy atom. The first-order valence-electron chi connectivity index (χ1n) is 9.54. The summed E-state index contributed by atoms with van der Waals surface area (Å²) in [7, 11) is 0. The van der Waals surface area contributed by atoms with Crippen molar-refractivity contribution in [1.29, 1.82) is 0 Å². The Morgan fingerprint density at radius 3 is 2.37 bits per heavy atom. The van der Waals surface area contributed by atoms with Crippen molar-refractivity contribution >= 4 is 23.3 Å². The van der Waals surface area contributed by atoms with Gasteiger partial charge >= 0.3 is 164 Å². The van der Waals surface area contributed by atoms with Crippen molar-refractivity contribution in [3.63, 3.8) is 0 Å². The summed E-state index contributed by atoms with van der Waals surface area (Å²) in [6, 6.07) is 15.7. The van der Waals surface area contributed by atoms with Crippen molar-refractivity contribution in [2.45, 2.75) is 33.1 Å². The van der Waals surface area contributed by atoms with E-state index in [4.69, 9.17) is 0 Å². The van der Waals surface area contributed by atoms with Gasteiger partial charge in [-0.3, -0.25) is 0 Å². The van der Waals surface area contributed by atoms with E-state index >= 15 is 0 Å². The zero-order valence-corrected chi connectivity index (χ0v) is 16.8. The van der Waals surface area contributed by atoms with Gasteiger partial charge in [-0.25, -0.2) is 0 Å². The van der Waals surface area contributed by atoms with Gasteiger partial charge in [0.15, 0.2) is 0 Å². The van der Waals surface area contributed by atoms with Crippen LogP contribution in [0.15, 0.2) is 85.3 Å². The van der Waals surface area contributed by atoms with Gasteiger partial charge in [-0.05, 0) is 0 Å². The second-order valence-corrected chi connectivity index (χ2v) is 7.90. The summed E-state index contributed by atoms with van der Waals surface area (Å²) in [5.74, 6) is 4.21. The first kappa shape index (κ1) is 19.1. The number of allylic oxidation sites excluding steroid dienone is 5. The molecule has 0 N–H and O–H groups in total. The van der Waals surface area contributed by atoms with Gasteiger partial charge in [-0.2, -0.15) is 0 Å². The van der Waals surface area contributed by atoms with Crippen LogP contribution in [0.4, 0.5) is 0 Å². The average molecular weight is 350 g/mol. The standard InChI is InChI=1S/C26H27B/c1-6-9-19(10-7-2)24-17-21(26(3,4)5)18-25-22(11-8-12-23(24)25)20-13-15-27-16-14-20/h6-18H,1H2,2-5H3/b10-7-,19-9+.